The molecule has 8 aromatic rings. The maximum atomic E-state index is 2.48. The monoisotopic (exact) mass is 971 g/mol. The molecule has 0 saturated heterocycles. The van der Waals surface area contributed by atoms with Gasteiger partial charge in [-0.2, -0.15) is 0 Å². The molecule has 0 bridgehead atoms. The molecule has 0 N–H and O–H groups in total. The SMILES string of the molecule is CC.CC.CC.CC.CC.Cc1ccc(-c2ccccc2)cc1.Cc1ccc(-c2ccccc2)cc1.Cc1ccc2c(c1)CC(C)(C)C1=C2C(C)(C)Cc2cc(Cc3ccccc3)ccc21.Cc1ccccc1. The lowest BCUT2D eigenvalue weighted by Crippen LogP contribution is -2.33. The van der Waals surface area contributed by atoms with Crippen molar-refractivity contribution in [3.05, 3.63) is 262 Å². The van der Waals surface area contributed by atoms with E-state index in [9.17, 15) is 0 Å². The van der Waals surface area contributed by atoms with Gasteiger partial charge in [-0.05, 0) is 125 Å². The van der Waals surface area contributed by atoms with Crippen LogP contribution in [0.2, 0.25) is 0 Å². The Labute approximate surface area is 447 Å². The molecule has 386 valence electrons. The van der Waals surface area contributed by atoms with Gasteiger partial charge in [0.1, 0.15) is 0 Å². The van der Waals surface area contributed by atoms with Crippen LogP contribution in [0.5, 0.6) is 0 Å². The van der Waals surface area contributed by atoms with E-state index in [0.717, 1.165) is 19.3 Å². The smallest absolute Gasteiger partial charge is 0.00257 e. The number of rotatable bonds is 4. The molecule has 0 heterocycles. The van der Waals surface area contributed by atoms with Gasteiger partial charge in [0.15, 0.2) is 0 Å². The molecule has 0 aliphatic heterocycles. The third-order valence-electron chi connectivity index (χ3n) is 12.3. The summed E-state index contributed by atoms with van der Waals surface area (Å²) in [6.07, 6.45) is 3.23. The third kappa shape index (κ3) is 19.1. The van der Waals surface area contributed by atoms with Crippen molar-refractivity contribution in [3.8, 4) is 22.3 Å². The highest BCUT2D eigenvalue weighted by Gasteiger charge is 2.43. The predicted molar refractivity (Wildman–Crippen MR) is 330 cm³/mol. The molecule has 0 radical (unpaired) electrons. The summed E-state index contributed by atoms with van der Waals surface area (Å²) in [6, 6.07) is 73.5. The zero-order chi connectivity index (χ0) is 54.4. The van der Waals surface area contributed by atoms with Crippen LogP contribution in [0.1, 0.15) is 153 Å². The molecule has 0 spiro atoms. The second-order valence-electron chi connectivity index (χ2n) is 18.8. The molecule has 10 rings (SSSR count). The van der Waals surface area contributed by atoms with Crippen molar-refractivity contribution in [3.63, 3.8) is 0 Å². The molecule has 2 aliphatic carbocycles. The van der Waals surface area contributed by atoms with E-state index in [-0.39, 0.29) is 10.8 Å². The number of allylic oxidation sites excluding steroid dienone is 2. The maximum absolute atomic E-state index is 2.48. The topological polar surface area (TPSA) is 0 Å². The Kier molecular flexibility index (Phi) is 28.5. The summed E-state index contributed by atoms with van der Waals surface area (Å²) >= 11 is 0. The zero-order valence-electron chi connectivity index (χ0n) is 48.8. The molecular weight excluding hydrogens is 877 g/mol. The molecule has 0 saturated carbocycles. The van der Waals surface area contributed by atoms with Gasteiger partial charge >= 0.3 is 0 Å². The number of aryl methyl sites for hydroxylation is 4. The van der Waals surface area contributed by atoms with Gasteiger partial charge in [0.05, 0.1) is 0 Å². The molecule has 0 amide bonds. The lowest BCUT2D eigenvalue weighted by molar-refractivity contribution is 0.445. The molecule has 8 aromatic carbocycles. The van der Waals surface area contributed by atoms with Gasteiger partial charge in [-0.1, -0.05) is 325 Å². The first-order chi connectivity index (χ1) is 35.4. The Balaban J connectivity index is 0.000000354. The van der Waals surface area contributed by atoms with Crippen LogP contribution in [0.25, 0.3) is 33.4 Å². The van der Waals surface area contributed by atoms with Crippen LogP contribution in [0, 0.1) is 38.5 Å². The van der Waals surface area contributed by atoms with E-state index in [0.29, 0.717) is 0 Å². The van der Waals surface area contributed by atoms with Crippen LogP contribution in [0.3, 0.4) is 0 Å². The Morgan fingerprint density at radius 2 is 0.589 bits per heavy atom. The quantitative estimate of drug-likeness (QED) is 0.165. The highest BCUT2D eigenvalue weighted by atomic mass is 14.5. The van der Waals surface area contributed by atoms with Crippen molar-refractivity contribution in [1.29, 1.82) is 0 Å². The van der Waals surface area contributed by atoms with Crippen molar-refractivity contribution >= 4 is 11.1 Å². The number of hydrogen-bond donors (Lipinski definition) is 0. The van der Waals surface area contributed by atoms with Crippen LogP contribution in [0.4, 0.5) is 0 Å². The molecule has 0 heteroatoms. The Hall–Kier alpha value is -6.50. The molecule has 0 fully saturated rings. The van der Waals surface area contributed by atoms with Crippen molar-refractivity contribution in [2.45, 2.75) is 144 Å². The Morgan fingerprint density at radius 1 is 0.288 bits per heavy atom. The minimum Gasteiger partial charge on any atom is -0.0683 e. The van der Waals surface area contributed by atoms with Gasteiger partial charge in [-0.25, -0.2) is 0 Å². The van der Waals surface area contributed by atoms with Crippen LogP contribution in [-0.2, 0) is 19.3 Å². The fraction of sp³-hybridized carbons (Fsp3) is 0.315. The molecular formula is C73H94. The normalized spacial score (nSPS) is 12.4. The molecule has 0 nitrogen and oxygen atoms in total. The molecule has 0 atom stereocenters. The van der Waals surface area contributed by atoms with Gasteiger partial charge in [0.2, 0.25) is 0 Å². The summed E-state index contributed by atoms with van der Waals surface area (Å²) in [6.45, 7) is 38.3. The van der Waals surface area contributed by atoms with Gasteiger partial charge in [-0.3, -0.25) is 0 Å². The summed E-state index contributed by atoms with van der Waals surface area (Å²) < 4.78 is 0. The first kappa shape index (κ1) is 62.6. The summed E-state index contributed by atoms with van der Waals surface area (Å²) in [4.78, 5) is 0. The second-order valence-corrected chi connectivity index (χ2v) is 18.8. The fourth-order valence-corrected chi connectivity index (χ4v) is 9.18. The standard InChI is InChI=1S/C30H32.2C13H12.C7H8.5C2H6/c1-20-11-13-25-23(15-20)18-29(2,3)28-26-14-12-22(16-21-9-7-6-8-10-21)17-24(26)19-30(4,5)27(25)28;2*1-11-7-9-13(10-8-11)12-5-3-2-4-6-12;1-7-5-3-2-4-6-7;5*1-2/h6-15,17H,16,18-19H2,1-5H3;2*2-10H,1H3;2-6H,1H3;5*1-2H3. The largest absolute Gasteiger partial charge is 0.0683 e. The molecule has 0 aromatic heterocycles. The maximum Gasteiger partial charge on any atom is -0.00257 e. The average Bonchev–Trinajstić information content (AvgIpc) is 3.43. The summed E-state index contributed by atoms with van der Waals surface area (Å²) in [7, 11) is 0. The molecule has 73 heavy (non-hydrogen) atoms. The van der Waals surface area contributed by atoms with Crippen LogP contribution < -0.4 is 0 Å². The first-order valence-electron chi connectivity index (χ1n) is 27.6. The van der Waals surface area contributed by atoms with Crippen LogP contribution in [-0.4, -0.2) is 0 Å². The highest BCUT2D eigenvalue weighted by molar-refractivity contribution is 6.00. The van der Waals surface area contributed by atoms with E-state index in [2.05, 4.69) is 231 Å². The summed E-state index contributed by atoms with van der Waals surface area (Å²) in [5, 5.41) is 0. The van der Waals surface area contributed by atoms with E-state index in [1.807, 2.05) is 99.6 Å². The lowest BCUT2D eigenvalue weighted by Gasteiger charge is -2.46. The van der Waals surface area contributed by atoms with E-state index in [1.54, 1.807) is 11.1 Å². The number of fused-ring (bicyclic) bond motifs is 4. The van der Waals surface area contributed by atoms with E-state index < -0.39 is 0 Å². The Bertz CT molecular complexity index is 2630. The minimum absolute atomic E-state index is 0.134. The fourth-order valence-electron chi connectivity index (χ4n) is 9.18. The van der Waals surface area contributed by atoms with Crippen molar-refractivity contribution in [2.24, 2.45) is 10.8 Å². The summed E-state index contributed by atoms with van der Waals surface area (Å²) in [5.74, 6) is 0. The van der Waals surface area contributed by atoms with Gasteiger partial charge in [0.25, 0.3) is 0 Å². The number of hydrogen-bond acceptors (Lipinski definition) is 0. The zero-order valence-corrected chi connectivity index (χ0v) is 48.8. The van der Waals surface area contributed by atoms with E-state index in [4.69, 9.17) is 0 Å². The van der Waals surface area contributed by atoms with Gasteiger partial charge in [0, 0.05) is 0 Å². The van der Waals surface area contributed by atoms with E-state index >= 15 is 0 Å². The first-order valence-corrected chi connectivity index (χ1v) is 27.6. The average molecular weight is 972 g/mol. The van der Waals surface area contributed by atoms with Gasteiger partial charge in [-0.15, -0.1) is 0 Å². The van der Waals surface area contributed by atoms with Crippen molar-refractivity contribution in [2.75, 3.05) is 0 Å². The third-order valence-corrected chi connectivity index (χ3v) is 12.3. The predicted octanol–water partition coefficient (Wildman–Crippen LogP) is 22.1. The summed E-state index contributed by atoms with van der Waals surface area (Å²) in [5.41, 5.74) is 22.7. The number of benzene rings is 8. The van der Waals surface area contributed by atoms with Crippen molar-refractivity contribution in [1.82, 2.24) is 0 Å². The van der Waals surface area contributed by atoms with Crippen LogP contribution >= 0.6 is 0 Å². The Morgan fingerprint density at radius 3 is 0.959 bits per heavy atom. The second kappa shape index (κ2) is 33.3. The van der Waals surface area contributed by atoms with Gasteiger partial charge < -0.3 is 0 Å². The molecule has 0 unspecified atom stereocenters. The minimum atomic E-state index is 0.134. The van der Waals surface area contributed by atoms with Crippen molar-refractivity contribution < 1.29 is 0 Å². The molecule has 2 aliphatic rings. The lowest BCUT2D eigenvalue weighted by atomic mass is 9.57. The van der Waals surface area contributed by atoms with Crippen LogP contribution in [0.15, 0.2) is 206 Å². The highest BCUT2D eigenvalue weighted by Crippen LogP contribution is 2.57. The van der Waals surface area contributed by atoms with E-state index in [1.165, 1.54) is 77.9 Å².